The molecule has 104 valence electrons. The van der Waals surface area contributed by atoms with Crippen LogP contribution in [0.5, 0.6) is 0 Å². The van der Waals surface area contributed by atoms with E-state index in [0.717, 1.165) is 25.9 Å². The second-order valence-electron chi connectivity index (χ2n) is 5.66. The van der Waals surface area contributed by atoms with E-state index in [2.05, 4.69) is 29.2 Å². The number of likely N-dealkylation sites (tertiary alicyclic amines) is 1. The van der Waals surface area contributed by atoms with Crippen molar-refractivity contribution in [3.05, 3.63) is 35.9 Å². The summed E-state index contributed by atoms with van der Waals surface area (Å²) in [5, 5.41) is 0. The van der Waals surface area contributed by atoms with Crippen LogP contribution in [0.15, 0.2) is 30.3 Å². The summed E-state index contributed by atoms with van der Waals surface area (Å²) in [6.45, 7) is 3.50. The van der Waals surface area contributed by atoms with Gasteiger partial charge in [-0.1, -0.05) is 30.3 Å². The van der Waals surface area contributed by atoms with Crippen LogP contribution in [0, 0.1) is 17.8 Å². The first kappa shape index (κ1) is 13.1. The van der Waals surface area contributed by atoms with Crippen LogP contribution in [0.3, 0.4) is 0 Å². The maximum Gasteiger partial charge on any atom is 0.264 e. The molecule has 0 N–H and O–H groups in total. The molecule has 1 aliphatic heterocycles. The summed E-state index contributed by atoms with van der Waals surface area (Å²) in [5.74, 6) is 1.71. The molecule has 0 spiro atoms. The number of benzene rings is 1. The third-order valence-electron chi connectivity index (χ3n) is 4.17. The van der Waals surface area contributed by atoms with E-state index in [1.54, 1.807) is 0 Å². The predicted octanol–water partition coefficient (Wildman–Crippen LogP) is 1.34. The lowest BCUT2D eigenvalue weighted by Gasteiger charge is -2.19. The van der Waals surface area contributed by atoms with Crippen LogP contribution in [0.1, 0.15) is 5.56 Å². The van der Waals surface area contributed by atoms with Gasteiger partial charge in [0.15, 0.2) is 0 Å². The highest BCUT2D eigenvalue weighted by Gasteiger charge is 2.55. The molecular formula is C14H19NO3S. The van der Waals surface area contributed by atoms with E-state index in [4.69, 9.17) is 4.18 Å². The van der Waals surface area contributed by atoms with Crippen LogP contribution in [-0.4, -0.2) is 39.3 Å². The van der Waals surface area contributed by atoms with Gasteiger partial charge >= 0.3 is 0 Å². The van der Waals surface area contributed by atoms with Crippen LogP contribution in [0.4, 0.5) is 0 Å². The molecule has 0 aromatic heterocycles. The molecule has 1 saturated carbocycles. The quantitative estimate of drug-likeness (QED) is 0.764. The summed E-state index contributed by atoms with van der Waals surface area (Å²) in [6.07, 6.45) is 1.12. The average molecular weight is 281 g/mol. The summed E-state index contributed by atoms with van der Waals surface area (Å²) in [6, 6.07) is 10.5. The molecule has 0 bridgehead atoms. The van der Waals surface area contributed by atoms with Crippen LogP contribution in [-0.2, 0) is 20.8 Å². The molecule has 19 heavy (non-hydrogen) atoms. The number of nitrogens with zero attached hydrogens (tertiary/aromatic N) is 1. The van der Waals surface area contributed by atoms with E-state index in [9.17, 15) is 8.42 Å². The van der Waals surface area contributed by atoms with Crippen molar-refractivity contribution in [2.24, 2.45) is 17.8 Å². The van der Waals surface area contributed by atoms with Gasteiger partial charge in [-0.15, -0.1) is 0 Å². The van der Waals surface area contributed by atoms with E-state index in [-0.39, 0.29) is 0 Å². The van der Waals surface area contributed by atoms with E-state index in [0.29, 0.717) is 24.4 Å². The lowest BCUT2D eigenvalue weighted by molar-refractivity contribution is 0.234. The molecule has 5 heteroatoms. The van der Waals surface area contributed by atoms with E-state index >= 15 is 0 Å². The predicted molar refractivity (Wildman–Crippen MR) is 73.0 cm³/mol. The minimum atomic E-state index is -3.29. The summed E-state index contributed by atoms with van der Waals surface area (Å²) < 4.78 is 26.8. The Bertz CT molecular complexity index is 531. The molecule has 3 rings (SSSR count). The minimum Gasteiger partial charge on any atom is -0.298 e. The Morgan fingerprint density at radius 2 is 1.84 bits per heavy atom. The zero-order chi connectivity index (χ0) is 13.5. The van der Waals surface area contributed by atoms with Gasteiger partial charge in [-0.3, -0.25) is 9.08 Å². The van der Waals surface area contributed by atoms with Crippen molar-refractivity contribution in [1.82, 2.24) is 4.90 Å². The second-order valence-corrected chi connectivity index (χ2v) is 7.30. The van der Waals surface area contributed by atoms with E-state index in [1.165, 1.54) is 5.56 Å². The Labute approximate surface area is 114 Å². The molecule has 1 saturated heterocycles. The Morgan fingerprint density at radius 1 is 1.21 bits per heavy atom. The summed E-state index contributed by atoms with van der Waals surface area (Å²) >= 11 is 0. The van der Waals surface area contributed by atoms with Crippen molar-refractivity contribution < 1.29 is 12.6 Å². The number of hydrogen-bond donors (Lipinski definition) is 0. The summed E-state index contributed by atoms with van der Waals surface area (Å²) in [5.41, 5.74) is 1.34. The maximum atomic E-state index is 11.0. The third kappa shape index (κ3) is 3.16. The molecule has 1 aromatic rings. The molecule has 2 fully saturated rings. The molecule has 0 radical (unpaired) electrons. The van der Waals surface area contributed by atoms with Gasteiger partial charge in [0.25, 0.3) is 10.1 Å². The summed E-state index contributed by atoms with van der Waals surface area (Å²) in [4.78, 5) is 2.45. The molecule has 1 aliphatic carbocycles. The highest BCUT2D eigenvalue weighted by molar-refractivity contribution is 7.85. The monoisotopic (exact) mass is 281 g/mol. The highest BCUT2D eigenvalue weighted by Crippen LogP contribution is 2.52. The van der Waals surface area contributed by atoms with Crippen molar-refractivity contribution in [1.29, 1.82) is 0 Å². The normalized spacial score (nSPS) is 30.3. The number of piperidine rings is 1. The van der Waals surface area contributed by atoms with Gasteiger partial charge in [-0.05, 0) is 23.3 Å². The summed E-state index contributed by atoms with van der Waals surface area (Å²) in [7, 11) is -3.29. The van der Waals surface area contributed by atoms with Gasteiger partial charge in [0.05, 0.1) is 12.9 Å². The largest absolute Gasteiger partial charge is 0.298 e. The fourth-order valence-corrected chi connectivity index (χ4v) is 3.56. The van der Waals surface area contributed by atoms with Gasteiger partial charge in [0.1, 0.15) is 0 Å². The highest BCUT2D eigenvalue weighted by atomic mass is 32.2. The fourth-order valence-electron chi connectivity index (χ4n) is 3.16. The number of fused-ring (bicyclic) bond motifs is 1. The van der Waals surface area contributed by atoms with Gasteiger partial charge in [-0.2, -0.15) is 8.42 Å². The number of rotatable bonds is 5. The molecule has 1 aromatic carbocycles. The fraction of sp³-hybridized carbons (Fsp3) is 0.571. The van der Waals surface area contributed by atoms with Crippen LogP contribution >= 0.6 is 0 Å². The van der Waals surface area contributed by atoms with Crippen molar-refractivity contribution in [3.8, 4) is 0 Å². The first-order valence-corrected chi connectivity index (χ1v) is 8.45. The number of hydrogen-bond acceptors (Lipinski definition) is 4. The van der Waals surface area contributed by atoms with Crippen LogP contribution < -0.4 is 0 Å². The van der Waals surface area contributed by atoms with Crippen molar-refractivity contribution in [3.63, 3.8) is 0 Å². The van der Waals surface area contributed by atoms with Crippen molar-refractivity contribution in [2.75, 3.05) is 26.0 Å². The Hall–Kier alpha value is -0.910. The Morgan fingerprint density at radius 3 is 2.42 bits per heavy atom. The van der Waals surface area contributed by atoms with E-state index < -0.39 is 10.1 Å². The van der Waals surface area contributed by atoms with Gasteiger partial charge in [-0.25, -0.2) is 0 Å². The first-order chi connectivity index (χ1) is 9.03. The van der Waals surface area contributed by atoms with Crippen molar-refractivity contribution >= 4 is 10.1 Å². The lowest BCUT2D eigenvalue weighted by Crippen LogP contribution is -2.25. The minimum absolute atomic E-state index is 0.368. The standard InChI is InChI=1S/C14H19NO3S/c1-19(16,17)18-10-14-12-8-15(9-13(12)14)7-11-5-3-2-4-6-11/h2-6,12-14H,7-10H2,1H3/t12-,13+,14?. The third-order valence-corrected chi connectivity index (χ3v) is 4.73. The molecule has 0 amide bonds. The second kappa shape index (κ2) is 4.89. The SMILES string of the molecule is CS(=O)(=O)OCC1[C@H]2CN(Cc3ccccc3)C[C@@H]12. The van der Waals surface area contributed by atoms with Crippen LogP contribution in [0.25, 0.3) is 0 Å². The van der Waals surface area contributed by atoms with E-state index in [1.807, 2.05) is 6.07 Å². The zero-order valence-corrected chi connectivity index (χ0v) is 11.8. The lowest BCUT2D eigenvalue weighted by atomic mass is 10.2. The molecular weight excluding hydrogens is 262 g/mol. The zero-order valence-electron chi connectivity index (χ0n) is 11.0. The van der Waals surface area contributed by atoms with Gasteiger partial charge in [0, 0.05) is 19.6 Å². The Balaban J connectivity index is 1.46. The first-order valence-electron chi connectivity index (χ1n) is 6.63. The molecule has 3 atom stereocenters. The van der Waals surface area contributed by atoms with Gasteiger partial charge in [0.2, 0.25) is 0 Å². The molecule has 1 heterocycles. The van der Waals surface area contributed by atoms with Crippen LogP contribution in [0.2, 0.25) is 0 Å². The smallest absolute Gasteiger partial charge is 0.264 e. The average Bonchev–Trinajstić information content (AvgIpc) is 2.80. The van der Waals surface area contributed by atoms with Gasteiger partial charge < -0.3 is 0 Å². The molecule has 1 unspecified atom stereocenters. The maximum absolute atomic E-state index is 11.0. The van der Waals surface area contributed by atoms with Crippen molar-refractivity contribution in [2.45, 2.75) is 6.54 Å². The molecule has 2 aliphatic rings. The Kier molecular flexibility index (Phi) is 3.37. The molecule has 4 nitrogen and oxygen atoms in total. The topological polar surface area (TPSA) is 46.6 Å².